The van der Waals surface area contributed by atoms with Gasteiger partial charge in [-0.15, -0.1) is 0 Å². The molecule has 0 heterocycles. The fourth-order valence-electron chi connectivity index (χ4n) is 1.47. The minimum atomic E-state index is -0.263. The van der Waals surface area contributed by atoms with Crippen LogP contribution in [0.3, 0.4) is 0 Å². The van der Waals surface area contributed by atoms with Crippen molar-refractivity contribution < 1.29 is 4.39 Å². The Balaban J connectivity index is 2.94. The fraction of sp³-hybridized carbons (Fsp3) is 0.333. The van der Waals surface area contributed by atoms with Crippen LogP contribution in [0, 0.1) is 5.82 Å². The van der Waals surface area contributed by atoms with Crippen LogP contribution in [-0.4, -0.2) is 0 Å². The maximum absolute atomic E-state index is 13.2. The van der Waals surface area contributed by atoms with Crippen LogP contribution in [-0.2, 0) is 0 Å². The second kappa shape index (κ2) is 6.13. The first-order chi connectivity index (χ1) is 7.58. The molecule has 1 rings (SSSR count). The summed E-state index contributed by atoms with van der Waals surface area (Å²) in [4.78, 5) is 0. The van der Waals surface area contributed by atoms with E-state index in [0.29, 0.717) is 6.42 Å². The lowest BCUT2D eigenvalue weighted by Gasteiger charge is -2.18. The number of hydrogen-bond acceptors (Lipinski definition) is 2. The van der Waals surface area contributed by atoms with E-state index < -0.39 is 0 Å². The van der Waals surface area contributed by atoms with E-state index >= 15 is 0 Å². The molecule has 0 spiro atoms. The summed E-state index contributed by atoms with van der Waals surface area (Å²) in [6.07, 6.45) is 1.60. The molecule has 1 aromatic carbocycles. The van der Waals surface area contributed by atoms with Crippen molar-refractivity contribution in [2.24, 2.45) is 5.84 Å². The summed E-state index contributed by atoms with van der Waals surface area (Å²) in [5.41, 5.74) is 4.59. The second-order valence-electron chi connectivity index (χ2n) is 3.69. The number of halogens is 2. The highest BCUT2D eigenvalue weighted by molar-refractivity contribution is 9.10. The summed E-state index contributed by atoms with van der Waals surface area (Å²) in [6.45, 7) is 5.97. The molecule has 0 aliphatic heterocycles. The van der Waals surface area contributed by atoms with Gasteiger partial charge < -0.3 is 0 Å². The molecule has 1 aromatic rings. The van der Waals surface area contributed by atoms with E-state index in [1.54, 1.807) is 6.07 Å². The van der Waals surface area contributed by atoms with Gasteiger partial charge >= 0.3 is 0 Å². The second-order valence-corrected chi connectivity index (χ2v) is 4.55. The highest BCUT2D eigenvalue weighted by Crippen LogP contribution is 2.28. The summed E-state index contributed by atoms with van der Waals surface area (Å²) < 4.78 is 14.0. The van der Waals surface area contributed by atoms with E-state index in [1.807, 2.05) is 6.92 Å². The van der Waals surface area contributed by atoms with Crippen LogP contribution < -0.4 is 11.3 Å². The predicted octanol–water partition coefficient (Wildman–Crippen LogP) is 3.45. The summed E-state index contributed by atoms with van der Waals surface area (Å²) in [5, 5.41) is 0. The molecule has 0 radical (unpaired) electrons. The monoisotopic (exact) mass is 286 g/mol. The molecule has 4 heteroatoms. The minimum absolute atomic E-state index is 0.113. The average molecular weight is 287 g/mol. The number of hydrogen-bond donors (Lipinski definition) is 2. The molecule has 0 amide bonds. The molecule has 16 heavy (non-hydrogen) atoms. The van der Waals surface area contributed by atoms with Crippen molar-refractivity contribution in [1.82, 2.24) is 5.43 Å². The Bertz CT molecular complexity index is 379. The Morgan fingerprint density at radius 1 is 1.62 bits per heavy atom. The van der Waals surface area contributed by atoms with Crippen molar-refractivity contribution in [3.05, 3.63) is 46.2 Å². The minimum Gasteiger partial charge on any atom is -0.271 e. The quantitative estimate of drug-likeness (QED) is 0.494. The molecule has 0 fully saturated rings. The number of rotatable bonds is 5. The van der Waals surface area contributed by atoms with Crippen LogP contribution in [0.5, 0.6) is 0 Å². The first-order valence-corrected chi connectivity index (χ1v) is 5.95. The molecule has 1 atom stereocenters. The summed E-state index contributed by atoms with van der Waals surface area (Å²) in [5.74, 6) is 5.23. The van der Waals surface area contributed by atoms with Gasteiger partial charge in [0.2, 0.25) is 0 Å². The highest BCUT2D eigenvalue weighted by atomic mass is 79.9. The smallest absolute Gasteiger partial charge is 0.123 e. The largest absolute Gasteiger partial charge is 0.271 e. The summed E-state index contributed by atoms with van der Waals surface area (Å²) >= 11 is 3.39. The Morgan fingerprint density at radius 3 is 2.88 bits per heavy atom. The van der Waals surface area contributed by atoms with E-state index in [4.69, 9.17) is 5.84 Å². The lowest BCUT2D eigenvalue weighted by molar-refractivity contribution is 0.536. The van der Waals surface area contributed by atoms with Crippen molar-refractivity contribution in [2.75, 3.05) is 0 Å². The summed E-state index contributed by atoms with van der Waals surface area (Å²) in [7, 11) is 0. The molecule has 3 N–H and O–H groups in total. The van der Waals surface area contributed by atoms with E-state index in [1.165, 1.54) is 12.1 Å². The number of nitrogens with two attached hydrogens (primary N) is 1. The van der Waals surface area contributed by atoms with Gasteiger partial charge in [-0.1, -0.05) is 35.0 Å². The Labute approximate surface area is 104 Å². The third kappa shape index (κ3) is 3.40. The zero-order valence-electron chi connectivity index (χ0n) is 9.26. The Kier molecular flexibility index (Phi) is 5.12. The molecule has 0 aromatic heterocycles. The number of nitrogens with one attached hydrogen (secondary N) is 1. The third-order valence-electron chi connectivity index (χ3n) is 2.53. The van der Waals surface area contributed by atoms with E-state index in [-0.39, 0.29) is 11.9 Å². The van der Waals surface area contributed by atoms with Crippen LogP contribution >= 0.6 is 15.9 Å². The van der Waals surface area contributed by atoms with Gasteiger partial charge in [0.25, 0.3) is 0 Å². The van der Waals surface area contributed by atoms with Gasteiger partial charge in [0.05, 0.1) is 6.04 Å². The lowest BCUT2D eigenvalue weighted by atomic mass is 9.99. The molecule has 1 unspecified atom stereocenters. The predicted molar refractivity (Wildman–Crippen MR) is 68.2 cm³/mol. The normalized spacial score (nSPS) is 12.5. The zero-order valence-corrected chi connectivity index (χ0v) is 10.8. The van der Waals surface area contributed by atoms with Crippen molar-refractivity contribution in [3.63, 3.8) is 0 Å². The van der Waals surface area contributed by atoms with Crippen molar-refractivity contribution in [2.45, 2.75) is 25.8 Å². The first kappa shape index (κ1) is 13.4. The molecule has 0 saturated heterocycles. The maximum Gasteiger partial charge on any atom is 0.123 e. The highest BCUT2D eigenvalue weighted by Gasteiger charge is 2.14. The van der Waals surface area contributed by atoms with Crippen LogP contribution in [0.4, 0.5) is 4.39 Å². The number of benzene rings is 1. The molecule has 0 bridgehead atoms. The van der Waals surface area contributed by atoms with Crippen molar-refractivity contribution >= 4 is 15.9 Å². The van der Waals surface area contributed by atoms with Gasteiger partial charge in [0, 0.05) is 4.47 Å². The van der Waals surface area contributed by atoms with Crippen LogP contribution in [0.25, 0.3) is 0 Å². The van der Waals surface area contributed by atoms with Crippen molar-refractivity contribution in [1.29, 1.82) is 0 Å². The van der Waals surface area contributed by atoms with Gasteiger partial charge in [-0.05, 0) is 36.6 Å². The fourth-order valence-corrected chi connectivity index (χ4v) is 2.00. The molecule has 0 aliphatic rings. The van der Waals surface area contributed by atoms with E-state index in [2.05, 4.69) is 27.9 Å². The zero-order chi connectivity index (χ0) is 12.1. The number of hydrazine groups is 1. The molecule has 0 saturated carbocycles. The van der Waals surface area contributed by atoms with Crippen molar-refractivity contribution in [3.8, 4) is 0 Å². The molecular formula is C12H16BrFN2. The Hall–Kier alpha value is -0.710. The first-order valence-electron chi connectivity index (χ1n) is 5.16. The van der Waals surface area contributed by atoms with Gasteiger partial charge in [-0.25, -0.2) is 4.39 Å². The Morgan fingerprint density at radius 2 is 2.31 bits per heavy atom. The van der Waals surface area contributed by atoms with E-state index in [9.17, 15) is 4.39 Å². The lowest BCUT2D eigenvalue weighted by Crippen LogP contribution is -2.28. The molecular weight excluding hydrogens is 271 g/mol. The average Bonchev–Trinajstić information content (AvgIpc) is 2.29. The summed E-state index contributed by atoms with van der Waals surface area (Å²) in [6, 6.07) is 4.47. The van der Waals surface area contributed by atoms with Gasteiger partial charge in [-0.3, -0.25) is 11.3 Å². The van der Waals surface area contributed by atoms with Gasteiger partial charge in [0.15, 0.2) is 0 Å². The van der Waals surface area contributed by atoms with Crippen LogP contribution in [0.15, 0.2) is 34.8 Å². The van der Waals surface area contributed by atoms with Crippen LogP contribution in [0.2, 0.25) is 0 Å². The third-order valence-corrected chi connectivity index (χ3v) is 3.25. The van der Waals surface area contributed by atoms with Gasteiger partial charge in [-0.2, -0.15) is 0 Å². The van der Waals surface area contributed by atoms with Crippen LogP contribution in [0.1, 0.15) is 31.4 Å². The molecule has 0 aliphatic carbocycles. The standard InChI is InChI=1S/C12H16BrFN2/c1-3-8(2)6-12(16-15)10-7-9(14)4-5-11(10)13/h4-5,7,12,16H,2-3,6,15H2,1H3. The molecule has 88 valence electrons. The van der Waals surface area contributed by atoms with Gasteiger partial charge in [0.1, 0.15) is 5.82 Å². The topological polar surface area (TPSA) is 38.0 Å². The maximum atomic E-state index is 13.2. The SMILES string of the molecule is C=C(CC)CC(NN)c1cc(F)ccc1Br. The van der Waals surface area contributed by atoms with E-state index in [0.717, 1.165) is 22.0 Å². The molecule has 2 nitrogen and oxygen atoms in total.